The standard InChI is InChI=1S/C19H28N4O5S/c1-12(2)10-15(21-19(26)28-11-14-8-6-5-7-9-14)16(24)22-23-18(29)20-13(3)17(25)27-4/h5-9,12-13,15H,10-11H2,1-4H3,(H,21,26)(H,22,24)(H2,20,23,29)/t13-,15-/m0/s1. The fourth-order valence-electron chi connectivity index (χ4n) is 2.28. The molecule has 2 amide bonds. The number of hydrazine groups is 1. The van der Waals surface area contributed by atoms with Crippen LogP contribution in [0.15, 0.2) is 30.3 Å². The summed E-state index contributed by atoms with van der Waals surface area (Å²) in [5.41, 5.74) is 5.75. The van der Waals surface area contributed by atoms with E-state index in [1.54, 1.807) is 6.92 Å². The van der Waals surface area contributed by atoms with E-state index in [9.17, 15) is 14.4 Å². The molecule has 10 heteroatoms. The predicted molar refractivity (Wildman–Crippen MR) is 111 cm³/mol. The molecule has 0 radical (unpaired) electrons. The Hall–Kier alpha value is -2.88. The molecule has 0 heterocycles. The van der Waals surface area contributed by atoms with E-state index >= 15 is 0 Å². The first kappa shape index (κ1) is 24.2. The molecular formula is C19H28N4O5S. The molecule has 1 aromatic rings. The summed E-state index contributed by atoms with van der Waals surface area (Å²) in [6.45, 7) is 5.51. The molecule has 0 bridgehead atoms. The number of esters is 1. The monoisotopic (exact) mass is 424 g/mol. The lowest BCUT2D eigenvalue weighted by Crippen LogP contribution is -2.56. The fraction of sp³-hybridized carbons (Fsp3) is 0.474. The topological polar surface area (TPSA) is 118 Å². The first-order valence-corrected chi connectivity index (χ1v) is 9.55. The number of methoxy groups -OCH3 is 1. The van der Waals surface area contributed by atoms with Crippen molar-refractivity contribution in [3.63, 3.8) is 0 Å². The van der Waals surface area contributed by atoms with E-state index < -0.39 is 30.1 Å². The Bertz CT molecular complexity index is 699. The number of nitrogens with one attached hydrogen (secondary N) is 4. The Morgan fingerprint density at radius 3 is 2.28 bits per heavy atom. The van der Waals surface area contributed by atoms with Gasteiger partial charge < -0.3 is 20.1 Å². The van der Waals surface area contributed by atoms with Gasteiger partial charge >= 0.3 is 12.1 Å². The number of carbonyl (C=O) groups is 3. The van der Waals surface area contributed by atoms with Crippen molar-refractivity contribution in [3.05, 3.63) is 35.9 Å². The second-order valence-electron chi connectivity index (χ2n) is 6.72. The van der Waals surface area contributed by atoms with Crippen molar-refractivity contribution in [3.8, 4) is 0 Å². The summed E-state index contributed by atoms with van der Waals surface area (Å²) >= 11 is 5.02. The van der Waals surface area contributed by atoms with Crippen LogP contribution in [0.25, 0.3) is 0 Å². The molecule has 0 fully saturated rings. The van der Waals surface area contributed by atoms with Crippen molar-refractivity contribution in [2.24, 2.45) is 5.92 Å². The van der Waals surface area contributed by atoms with E-state index in [0.717, 1.165) is 5.56 Å². The molecule has 0 saturated heterocycles. The summed E-state index contributed by atoms with van der Waals surface area (Å²) in [5, 5.41) is 5.26. The van der Waals surface area contributed by atoms with E-state index in [1.165, 1.54) is 7.11 Å². The van der Waals surface area contributed by atoms with Gasteiger partial charge in [-0.05, 0) is 37.0 Å². The van der Waals surface area contributed by atoms with Crippen LogP contribution in [0.3, 0.4) is 0 Å². The van der Waals surface area contributed by atoms with Crippen LogP contribution >= 0.6 is 12.2 Å². The van der Waals surface area contributed by atoms with Gasteiger partial charge in [-0.2, -0.15) is 0 Å². The summed E-state index contributed by atoms with van der Waals surface area (Å²) in [5.74, 6) is -0.851. The minimum Gasteiger partial charge on any atom is -0.467 e. The van der Waals surface area contributed by atoms with Gasteiger partial charge in [-0.3, -0.25) is 15.6 Å². The molecule has 0 aliphatic carbocycles. The van der Waals surface area contributed by atoms with Crippen molar-refractivity contribution in [1.29, 1.82) is 0 Å². The maximum absolute atomic E-state index is 12.4. The molecule has 4 N–H and O–H groups in total. The zero-order valence-electron chi connectivity index (χ0n) is 17.0. The van der Waals surface area contributed by atoms with Crippen molar-refractivity contribution in [2.75, 3.05) is 7.11 Å². The molecule has 0 unspecified atom stereocenters. The van der Waals surface area contributed by atoms with Crippen molar-refractivity contribution < 1.29 is 23.9 Å². The van der Waals surface area contributed by atoms with Gasteiger partial charge in [0.1, 0.15) is 18.7 Å². The third-order valence-corrected chi connectivity index (χ3v) is 3.95. The zero-order chi connectivity index (χ0) is 21.8. The minimum absolute atomic E-state index is 0.0335. The molecule has 0 spiro atoms. The van der Waals surface area contributed by atoms with Crippen LogP contribution in [0.5, 0.6) is 0 Å². The van der Waals surface area contributed by atoms with Gasteiger partial charge in [-0.1, -0.05) is 44.2 Å². The Kier molecular flexibility index (Phi) is 10.5. The van der Waals surface area contributed by atoms with E-state index in [1.807, 2.05) is 44.2 Å². The molecule has 1 aromatic carbocycles. The van der Waals surface area contributed by atoms with Gasteiger partial charge in [-0.25, -0.2) is 9.59 Å². The number of alkyl carbamates (subject to hydrolysis) is 1. The van der Waals surface area contributed by atoms with Gasteiger partial charge in [0.15, 0.2) is 5.11 Å². The van der Waals surface area contributed by atoms with Crippen molar-refractivity contribution in [2.45, 2.75) is 45.9 Å². The molecule has 2 atom stereocenters. The molecular weight excluding hydrogens is 396 g/mol. The van der Waals surface area contributed by atoms with Crippen LogP contribution in [-0.4, -0.2) is 42.3 Å². The highest BCUT2D eigenvalue weighted by molar-refractivity contribution is 7.80. The van der Waals surface area contributed by atoms with E-state index in [0.29, 0.717) is 6.42 Å². The Labute approximate surface area is 175 Å². The zero-order valence-corrected chi connectivity index (χ0v) is 17.8. The molecule has 0 aliphatic heterocycles. The average Bonchev–Trinajstić information content (AvgIpc) is 2.69. The highest BCUT2D eigenvalue weighted by Gasteiger charge is 2.23. The molecule has 9 nitrogen and oxygen atoms in total. The Morgan fingerprint density at radius 1 is 1.03 bits per heavy atom. The molecule has 1 rings (SSSR count). The lowest BCUT2D eigenvalue weighted by Gasteiger charge is -2.21. The van der Waals surface area contributed by atoms with Crippen molar-refractivity contribution >= 4 is 35.3 Å². The number of benzene rings is 1. The summed E-state index contributed by atoms with van der Waals surface area (Å²) in [7, 11) is 1.26. The van der Waals surface area contributed by atoms with Crippen LogP contribution in [0, 0.1) is 5.92 Å². The van der Waals surface area contributed by atoms with Gasteiger partial charge in [0.2, 0.25) is 0 Å². The molecule has 0 aromatic heterocycles. The van der Waals surface area contributed by atoms with Crippen LogP contribution in [0.2, 0.25) is 0 Å². The fourth-order valence-corrected chi connectivity index (χ4v) is 2.51. The van der Waals surface area contributed by atoms with Crippen LogP contribution in [0.1, 0.15) is 32.8 Å². The molecule has 29 heavy (non-hydrogen) atoms. The SMILES string of the molecule is COC(=O)[C@H](C)NC(=S)NNC(=O)[C@H](CC(C)C)NC(=O)OCc1ccccc1. The van der Waals surface area contributed by atoms with Gasteiger partial charge in [0.25, 0.3) is 5.91 Å². The number of amides is 2. The Balaban J connectivity index is 2.53. The highest BCUT2D eigenvalue weighted by atomic mass is 32.1. The summed E-state index contributed by atoms with van der Waals surface area (Å²) in [6.07, 6.45) is -0.304. The first-order chi connectivity index (χ1) is 13.7. The number of rotatable bonds is 8. The number of ether oxygens (including phenoxy) is 2. The van der Waals surface area contributed by atoms with Crippen LogP contribution < -0.4 is 21.5 Å². The van der Waals surface area contributed by atoms with E-state index in [-0.39, 0.29) is 17.6 Å². The molecule has 0 saturated carbocycles. The van der Waals surface area contributed by atoms with Crippen LogP contribution in [-0.2, 0) is 25.7 Å². The van der Waals surface area contributed by atoms with E-state index in [4.69, 9.17) is 17.0 Å². The van der Waals surface area contributed by atoms with E-state index in [2.05, 4.69) is 26.2 Å². The minimum atomic E-state index is -0.827. The van der Waals surface area contributed by atoms with Gasteiger partial charge in [0, 0.05) is 0 Å². The smallest absolute Gasteiger partial charge is 0.408 e. The molecule has 160 valence electrons. The average molecular weight is 425 g/mol. The highest BCUT2D eigenvalue weighted by Crippen LogP contribution is 2.06. The second kappa shape index (κ2) is 12.6. The summed E-state index contributed by atoms with van der Waals surface area (Å²) in [4.78, 5) is 35.9. The summed E-state index contributed by atoms with van der Waals surface area (Å²) < 4.78 is 9.75. The lowest BCUT2D eigenvalue weighted by molar-refractivity contribution is -0.142. The van der Waals surface area contributed by atoms with Gasteiger partial charge in [-0.15, -0.1) is 0 Å². The maximum atomic E-state index is 12.4. The first-order valence-electron chi connectivity index (χ1n) is 9.14. The lowest BCUT2D eigenvalue weighted by atomic mass is 10.0. The number of hydrogen-bond donors (Lipinski definition) is 4. The number of hydrogen-bond acceptors (Lipinski definition) is 6. The van der Waals surface area contributed by atoms with Gasteiger partial charge in [0.05, 0.1) is 7.11 Å². The third-order valence-electron chi connectivity index (χ3n) is 3.73. The third kappa shape index (κ3) is 9.74. The second-order valence-corrected chi connectivity index (χ2v) is 7.13. The summed E-state index contributed by atoms with van der Waals surface area (Å²) in [6, 6.07) is 7.70. The predicted octanol–water partition coefficient (Wildman–Crippen LogP) is 1.38. The largest absolute Gasteiger partial charge is 0.467 e. The molecule has 0 aliphatic rings. The quantitative estimate of drug-likeness (QED) is 0.281. The normalized spacial score (nSPS) is 12.3. The number of carbonyl (C=O) groups excluding carboxylic acids is 3. The number of thiocarbonyl (C=S) groups is 1. The van der Waals surface area contributed by atoms with Crippen LogP contribution in [0.4, 0.5) is 4.79 Å². The van der Waals surface area contributed by atoms with Crippen molar-refractivity contribution in [1.82, 2.24) is 21.5 Å². The Morgan fingerprint density at radius 2 is 1.69 bits per heavy atom. The maximum Gasteiger partial charge on any atom is 0.408 e.